The molecule has 180 valence electrons. The first kappa shape index (κ1) is 26.6. The lowest BCUT2D eigenvalue weighted by atomic mass is 10.1. The van der Waals surface area contributed by atoms with Crippen LogP contribution in [-0.4, -0.2) is 50.5 Å². The average Bonchev–Trinajstić information content (AvgIpc) is 2.74. The molecule has 2 aromatic carbocycles. The van der Waals surface area contributed by atoms with Crippen molar-refractivity contribution >= 4 is 39.1 Å². The standard InChI is InChI=1S/C23H29ClFN3O4S/c1-16(2)13-26-23(30)17(3)27(14-18-9-5-7-11-20(18)25)22(29)15-28(33(4,31)32)21-12-8-6-10-19(21)24/h5-12,16-17H,13-15H2,1-4H3,(H,26,30)/t17-/m0/s1. The Morgan fingerprint density at radius 3 is 2.24 bits per heavy atom. The summed E-state index contributed by atoms with van der Waals surface area (Å²) >= 11 is 6.18. The molecule has 0 aliphatic carbocycles. The summed E-state index contributed by atoms with van der Waals surface area (Å²) in [7, 11) is -3.89. The van der Waals surface area contributed by atoms with E-state index in [-0.39, 0.29) is 28.7 Å². The smallest absolute Gasteiger partial charge is 0.244 e. The van der Waals surface area contributed by atoms with Gasteiger partial charge >= 0.3 is 0 Å². The Hall–Kier alpha value is -2.65. The van der Waals surface area contributed by atoms with Crippen molar-refractivity contribution in [2.75, 3.05) is 23.7 Å². The maximum absolute atomic E-state index is 14.3. The molecule has 0 aliphatic heterocycles. The van der Waals surface area contributed by atoms with Gasteiger partial charge in [-0.25, -0.2) is 12.8 Å². The highest BCUT2D eigenvalue weighted by molar-refractivity contribution is 7.92. The van der Waals surface area contributed by atoms with E-state index in [1.54, 1.807) is 18.2 Å². The van der Waals surface area contributed by atoms with Gasteiger partial charge in [0, 0.05) is 18.7 Å². The first-order valence-corrected chi connectivity index (χ1v) is 12.7. The molecule has 7 nitrogen and oxygen atoms in total. The van der Waals surface area contributed by atoms with E-state index in [0.717, 1.165) is 10.6 Å². The van der Waals surface area contributed by atoms with E-state index in [2.05, 4.69) is 5.32 Å². The second-order valence-electron chi connectivity index (χ2n) is 8.15. The van der Waals surface area contributed by atoms with Crippen LogP contribution in [0.25, 0.3) is 0 Å². The van der Waals surface area contributed by atoms with Gasteiger partial charge in [0.25, 0.3) is 0 Å². The molecule has 0 radical (unpaired) electrons. The molecule has 1 atom stereocenters. The third kappa shape index (κ3) is 7.43. The fraction of sp³-hybridized carbons (Fsp3) is 0.391. The molecule has 1 N–H and O–H groups in total. The van der Waals surface area contributed by atoms with Gasteiger partial charge in [-0.3, -0.25) is 13.9 Å². The van der Waals surface area contributed by atoms with E-state index in [0.29, 0.717) is 6.54 Å². The number of carbonyl (C=O) groups is 2. The molecule has 10 heteroatoms. The molecule has 0 saturated heterocycles. The SMILES string of the molecule is CC(C)CNC(=O)[C@H](C)N(Cc1ccccc1F)C(=O)CN(c1ccccc1Cl)S(C)(=O)=O. The first-order valence-electron chi connectivity index (χ1n) is 10.4. The number of nitrogens with zero attached hydrogens (tertiary/aromatic N) is 2. The Balaban J connectivity index is 2.39. The van der Waals surface area contributed by atoms with E-state index < -0.39 is 40.2 Å². The maximum Gasteiger partial charge on any atom is 0.244 e. The molecule has 2 aromatic rings. The molecule has 0 fully saturated rings. The normalized spacial score (nSPS) is 12.3. The molecule has 0 spiro atoms. The van der Waals surface area contributed by atoms with E-state index >= 15 is 0 Å². The van der Waals surface area contributed by atoms with Gasteiger partial charge in [-0.2, -0.15) is 0 Å². The summed E-state index contributed by atoms with van der Waals surface area (Å²) < 4.78 is 40.2. The molecule has 0 heterocycles. The largest absolute Gasteiger partial charge is 0.354 e. The fourth-order valence-electron chi connectivity index (χ4n) is 3.09. The zero-order chi connectivity index (χ0) is 24.8. The van der Waals surface area contributed by atoms with Gasteiger partial charge in [-0.1, -0.05) is 55.8 Å². The van der Waals surface area contributed by atoms with Crippen LogP contribution >= 0.6 is 11.6 Å². The Kier molecular flexibility index (Phi) is 9.25. The highest BCUT2D eigenvalue weighted by atomic mass is 35.5. The van der Waals surface area contributed by atoms with E-state index in [1.807, 2.05) is 13.8 Å². The number of amides is 2. The monoisotopic (exact) mass is 497 g/mol. The number of hydrogen-bond donors (Lipinski definition) is 1. The van der Waals surface area contributed by atoms with Crippen LogP contribution in [0, 0.1) is 11.7 Å². The van der Waals surface area contributed by atoms with Crippen LogP contribution in [0.2, 0.25) is 5.02 Å². The van der Waals surface area contributed by atoms with Crippen molar-refractivity contribution in [3.8, 4) is 0 Å². The van der Waals surface area contributed by atoms with Gasteiger partial charge in [-0.05, 0) is 31.0 Å². The zero-order valence-electron chi connectivity index (χ0n) is 19.1. The number of anilines is 1. The molecule has 0 saturated carbocycles. The van der Waals surface area contributed by atoms with Gasteiger partial charge in [0.2, 0.25) is 21.8 Å². The van der Waals surface area contributed by atoms with Gasteiger partial charge in [0.05, 0.1) is 17.0 Å². The molecular weight excluding hydrogens is 469 g/mol. The zero-order valence-corrected chi connectivity index (χ0v) is 20.7. The molecular formula is C23H29ClFN3O4S. The van der Waals surface area contributed by atoms with Crippen molar-refractivity contribution in [3.05, 3.63) is 64.9 Å². The minimum Gasteiger partial charge on any atom is -0.354 e. The number of carbonyl (C=O) groups excluding carboxylic acids is 2. The topological polar surface area (TPSA) is 86.8 Å². The van der Waals surface area contributed by atoms with Crippen molar-refractivity contribution in [2.24, 2.45) is 5.92 Å². The summed E-state index contributed by atoms with van der Waals surface area (Å²) in [5, 5.41) is 2.91. The number of halogens is 2. The third-order valence-electron chi connectivity index (χ3n) is 4.95. The third-order valence-corrected chi connectivity index (χ3v) is 6.40. The van der Waals surface area contributed by atoms with Gasteiger partial charge in [0.1, 0.15) is 18.4 Å². The summed E-state index contributed by atoms with van der Waals surface area (Å²) in [4.78, 5) is 27.3. The Bertz CT molecular complexity index is 1090. The average molecular weight is 498 g/mol. The number of nitrogens with one attached hydrogen (secondary N) is 1. The number of benzene rings is 2. The van der Waals surface area contributed by atoms with Crippen LogP contribution in [-0.2, 0) is 26.2 Å². The molecule has 0 aliphatic rings. The van der Waals surface area contributed by atoms with E-state index in [9.17, 15) is 22.4 Å². The number of sulfonamides is 1. The fourth-order valence-corrected chi connectivity index (χ4v) is 4.24. The molecule has 0 bridgehead atoms. The minimum absolute atomic E-state index is 0.137. The van der Waals surface area contributed by atoms with Crippen molar-refractivity contribution in [2.45, 2.75) is 33.4 Å². The van der Waals surface area contributed by atoms with Crippen LogP contribution in [0.5, 0.6) is 0 Å². The highest BCUT2D eigenvalue weighted by Crippen LogP contribution is 2.27. The maximum atomic E-state index is 14.3. The summed E-state index contributed by atoms with van der Waals surface area (Å²) in [5.41, 5.74) is 0.343. The van der Waals surface area contributed by atoms with Gasteiger partial charge in [0.15, 0.2) is 0 Å². The van der Waals surface area contributed by atoms with Crippen molar-refractivity contribution in [1.82, 2.24) is 10.2 Å². The summed E-state index contributed by atoms with van der Waals surface area (Å²) in [6.07, 6.45) is 0.962. The lowest BCUT2D eigenvalue weighted by molar-refractivity contribution is -0.139. The second-order valence-corrected chi connectivity index (χ2v) is 10.5. The van der Waals surface area contributed by atoms with Crippen LogP contribution in [0.3, 0.4) is 0 Å². The van der Waals surface area contributed by atoms with E-state index in [4.69, 9.17) is 11.6 Å². The number of rotatable bonds is 10. The Morgan fingerprint density at radius 2 is 1.67 bits per heavy atom. The molecule has 0 unspecified atom stereocenters. The van der Waals surface area contributed by atoms with Crippen molar-refractivity contribution < 1.29 is 22.4 Å². The lowest BCUT2D eigenvalue weighted by Crippen LogP contribution is -2.51. The summed E-state index contributed by atoms with van der Waals surface area (Å²) in [6.45, 7) is 4.98. The van der Waals surface area contributed by atoms with E-state index in [1.165, 1.54) is 42.2 Å². The minimum atomic E-state index is -3.89. The predicted octanol–water partition coefficient (Wildman–Crippen LogP) is 3.43. The summed E-state index contributed by atoms with van der Waals surface area (Å²) in [6, 6.07) is 11.2. The van der Waals surface area contributed by atoms with Crippen LogP contribution in [0.1, 0.15) is 26.3 Å². The van der Waals surface area contributed by atoms with Gasteiger partial charge < -0.3 is 10.2 Å². The Morgan fingerprint density at radius 1 is 1.06 bits per heavy atom. The van der Waals surface area contributed by atoms with Crippen LogP contribution in [0.15, 0.2) is 48.5 Å². The summed E-state index contributed by atoms with van der Waals surface area (Å²) in [5.74, 6) is -1.43. The van der Waals surface area contributed by atoms with Crippen molar-refractivity contribution in [1.29, 1.82) is 0 Å². The van der Waals surface area contributed by atoms with Crippen molar-refractivity contribution in [3.63, 3.8) is 0 Å². The Labute approximate surface area is 199 Å². The molecule has 2 amide bonds. The number of para-hydroxylation sites is 1. The molecule has 2 rings (SSSR count). The van der Waals surface area contributed by atoms with Crippen LogP contribution in [0.4, 0.5) is 10.1 Å². The molecule has 0 aromatic heterocycles. The quantitative estimate of drug-likeness (QED) is 0.544. The predicted molar refractivity (Wildman–Crippen MR) is 128 cm³/mol. The first-order chi connectivity index (χ1) is 15.4. The lowest BCUT2D eigenvalue weighted by Gasteiger charge is -2.32. The van der Waals surface area contributed by atoms with Crippen LogP contribution < -0.4 is 9.62 Å². The van der Waals surface area contributed by atoms with Gasteiger partial charge in [-0.15, -0.1) is 0 Å². The molecule has 33 heavy (non-hydrogen) atoms. The highest BCUT2D eigenvalue weighted by Gasteiger charge is 2.31. The number of hydrogen-bond acceptors (Lipinski definition) is 4. The second kappa shape index (κ2) is 11.5.